The molecule has 2 nitrogen and oxygen atoms in total. The topological polar surface area (TPSA) is 33.0 Å². The molecule has 0 heterocycles. The number of aryl methyl sites for hydroxylation is 1. The first-order chi connectivity index (χ1) is 7.47. The van der Waals surface area contributed by atoms with E-state index in [9.17, 15) is 5.26 Å². The second-order valence-corrected chi connectivity index (χ2v) is 9.74. The first-order valence-corrected chi connectivity index (χ1v) is 9.07. The number of nitrogens with zero attached hydrogens (tertiary/aromatic N) is 1. The van der Waals surface area contributed by atoms with E-state index in [0.29, 0.717) is 0 Å². The zero-order valence-electron chi connectivity index (χ0n) is 10.1. The van der Waals surface area contributed by atoms with Gasteiger partial charge in [0.1, 0.15) is 6.07 Å². The lowest BCUT2D eigenvalue weighted by atomic mass is 9.98. The van der Waals surface area contributed by atoms with Crippen LogP contribution >= 0.6 is 0 Å². The normalized spacial score (nSPS) is 23.9. The molecular formula is C13H17NOSi. The fraction of sp³-hybridized carbons (Fsp3) is 0.462. The van der Waals surface area contributed by atoms with Gasteiger partial charge in [-0.3, -0.25) is 0 Å². The summed E-state index contributed by atoms with van der Waals surface area (Å²) in [6.45, 7) is 6.40. The molecule has 1 aromatic carbocycles. The van der Waals surface area contributed by atoms with Crippen LogP contribution < -0.4 is 0 Å². The van der Waals surface area contributed by atoms with Gasteiger partial charge in [-0.05, 0) is 38.0 Å². The van der Waals surface area contributed by atoms with Gasteiger partial charge in [-0.15, -0.1) is 0 Å². The second-order valence-electron chi connectivity index (χ2n) is 5.31. The van der Waals surface area contributed by atoms with E-state index in [1.54, 1.807) is 0 Å². The molecule has 1 aromatic rings. The quantitative estimate of drug-likeness (QED) is 0.732. The molecule has 16 heavy (non-hydrogen) atoms. The Morgan fingerprint density at radius 1 is 1.31 bits per heavy atom. The molecule has 1 aliphatic rings. The third kappa shape index (κ3) is 1.91. The Morgan fingerprint density at radius 3 is 2.62 bits per heavy atom. The number of rotatable bonds is 2. The smallest absolute Gasteiger partial charge is 0.186 e. The fourth-order valence-corrected chi connectivity index (χ4v) is 3.65. The molecule has 0 N–H and O–H groups in total. The Labute approximate surface area is 98.0 Å². The Morgan fingerprint density at radius 2 is 2.00 bits per heavy atom. The molecule has 0 bridgehead atoms. The van der Waals surface area contributed by atoms with E-state index >= 15 is 0 Å². The SMILES string of the molecule is C[Si](C)(C)OC1(C#N)CCc2ccccc21. The van der Waals surface area contributed by atoms with Gasteiger partial charge < -0.3 is 4.43 Å². The van der Waals surface area contributed by atoms with E-state index < -0.39 is 13.9 Å². The van der Waals surface area contributed by atoms with E-state index in [2.05, 4.69) is 31.8 Å². The van der Waals surface area contributed by atoms with Crippen molar-refractivity contribution in [1.82, 2.24) is 0 Å². The fourth-order valence-electron chi connectivity index (χ4n) is 2.35. The maximum absolute atomic E-state index is 9.47. The predicted molar refractivity (Wildman–Crippen MR) is 66.5 cm³/mol. The molecule has 0 aromatic heterocycles. The minimum absolute atomic E-state index is 0.679. The highest BCUT2D eigenvalue weighted by Gasteiger charge is 2.42. The van der Waals surface area contributed by atoms with Crippen molar-refractivity contribution in [3.63, 3.8) is 0 Å². The molecule has 1 atom stereocenters. The van der Waals surface area contributed by atoms with Crippen LogP contribution in [-0.2, 0) is 16.4 Å². The van der Waals surface area contributed by atoms with Gasteiger partial charge in [0.25, 0.3) is 0 Å². The number of hydrogen-bond donors (Lipinski definition) is 0. The minimum atomic E-state index is -1.71. The average Bonchev–Trinajstić information content (AvgIpc) is 2.57. The number of benzene rings is 1. The highest BCUT2D eigenvalue weighted by atomic mass is 28.4. The Hall–Kier alpha value is -1.11. The van der Waals surface area contributed by atoms with Crippen LogP contribution in [0.15, 0.2) is 24.3 Å². The van der Waals surface area contributed by atoms with Crippen LogP contribution in [0, 0.1) is 11.3 Å². The summed E-state index contributed by atoms with van der Waals surface area (Å²) in [7, 11) is -1.71. The molecule has 0 amide bonds. The summed E-state index contributed by atoms with van der Waals surface area (Å²) in [5.74, 6) is 0. The molecule has 0 radical (unpaired) electrons. The van der Waals surface area contributed by atoms with Gasteiger partial charge in [-0.1, -0.05) is 24.3 Å². The van der Waals surface area contributed by atoms with Gasteiger partial charge in [-0.2, -0.15) is 5.26 Å². The van der Waals surface area contributed by atoms with E-state index in [-0.39, 0.29) is 0 Å². The number of nitriles is 1. The molecule has 3 heteroatoms. The van der Waals surface area contributed by atoms with Crippen molar-refractivity contribution in [2.45, 2.75) is 38.1 Å². The molecule has 0 fully saturated rings. The first kappa shape index (κ1) is 11.4. The lowest BCUT2D eigenvalue weighted by molar-refractivity contribution is 0.121. The Kier molecular flexibility index (Phi) is 2.65. The summed E-state index contributed by atoms with van der Waals surface area (Å²) >= 11 is 0. The summed E-state index contributed by atoms with van der Waals surface area (Å²) in [5, 5.41) is 9.47. The molecule has 0 aliphatic heterocycles. The van der Waals surface area contributed by atoms with Gasteiger partial charge in [0.15, 0.2) is 13.9 Å². The molecule has 0 saturated heterocycles. The molecule has 2 rings (SSSR count). The van der Waals surface area contributed by atoms with Gasteiger partial charge >= 0.3 is 0 Å². The number of fused-ring (bicyclic) bond motifs is 1. The van der Waals surface area contributed by atoms with Gasteiger partial charge in [-0.25, -0.2) is 0 Å². The molecule has 1 aliphatic carbocycles. The van der Waals surface area contributed by atoms with E-state index in [0.717, 1.165) is 18.4 Å². The van der Waals surface area contributed by atoms with Gasteiger partial charge in [0.2, 0.25) is 0 Å². The number of hydrogen-bond acceptors (Lipinski definition) is 2. The van der Waals surface area contributed by atoms with Crippen LogP contribution in [0.25, 0.3) is 0 Å². The maximum atomic E-state index is 9.47. The molecular weight excluding hydrogens is 214 g/mol. The first-order valence-electron chi connectivity index (χ1n) is 5.67. The molecule has 0 spiro atoms. The van der Waals surface area contributed by atoms with Crippen molar-refractivity contribution < 1.29 is 4.43 Å². The van der Waals surface area contributed by atoms with E-state index in [1.807, 2.05) is 18.2 Å². The predicted octanol–water partition coefficient (Wildman–Crippen LogP) is 3.20. The van der Waals surface area contributed by atoms with Crippen LogP contribution in [0.4, 0.5) is 0 Å². The van der Waals surface area contributed by atoms with Crippen molar-refractivity contribution in [1.29, 1.82) is 5.26 Å². The van der Waals surface area contributed by atoms with Crippen LogP contribution in [0.1, 0.15) is 17.5 Å². The van der Waals surface area contributed by atoms with Crippen molar-refractivity contribution in [2.75, 3.05) is 0 Å². The second kappa shape index (κ2) is 3.72. The van der Waals surface area contributed by atoms with Crippen LogP contribution in [-0.4, -0.2) is 8.32 Å². The van der Waals surface area contributed by atoms with Crippen LogP contribution in [0.2, 0.25) is 19.6 Å². The largest absolute Gasteiger partial charge is 0.396 e. The van der Waals surface area contributed by atoms with E-state index in [4.69, 9.17) is 4.43 Å². The van der Waals surface area contributed by atoms with Crippen molar-refractivity contribution >= 4 is 8.32 Å². The zero-order valence-corrected chi connectivity index (χ0v) is 11.1. The average molecular weight is 231 g/mol. The highest BCUT2D eigenvalue weighted by Crippen LogP contribution is 2.41. The zero-order chi connectivity index (χ0) is 11.8. The van der Waals surface area contributed by atoms with Crippen LogP contribution in [0.5, 0.6) is 0 Å². The summed E-state index contributed by atoms with van der Waals surface area (Å²) in [4.78, 5) is 0. The van der Waals surface area contributed by atoms with Gasteiger partial charge in [0, 0.05) is 5.56 Å². The summed E-state index contributed by atoms with van der Waals surface area (Å²) < 4.78 is 6.14. The van der Waals surface area contributed by atoms with Crippen LogP contribution in [0.3, 0.4) is 0 Å². The lowest BCUT2D eigenvalue weighted by Gasteiger charge is -2.31. The van der Waals surface area contributed by atoms with Gasteiger partial charge in [0.05, 0.1) is 0 Å². The Balaban J connectivity index is 2.43. The monoisotopic (exact) mass is 231 g/mol. The maximum Gasteiger partial charge on any atom is 0.186 e. The summed E-state index contributed by atoms with van der Waals surface area (Å²) in [6, 6.07) is 10.6. The summed E-state index contributed by atoms with van der Waals surface area (Å²) in [6.07, 6.45) is 1.75. The third-order valence-electron chi connectivity index (χ3n) is 2.86. The highest BCUT2D eigenvalue weighted by molar-refractivity contribution is 6.69. The van der Waals surface area contributed by atoms with Crippen molar-refractivity contribution in [2.24, 2.45) is 0 Å². The third-order valence-corrected chi connectivity index (χ3v) is 3.82. The van der Waals surface area contributed by atoms with E-state index in [1.165, 1.54) is 5.56 Å². The molecule has 0 saturated carbocycles. The van der Waals surface area contributed by atoms with Crippen molar-refractivity contribution in [3.05, 3.63) is 35.4 Å². The Bertz CT molecular complexity index is 444. The summed E-state index contributed by atoms with van der Waals surface area (Å²) in [5.41, 5.74) is 1.67. The van der Waals surface area contributed by atoms with Crippen molar-refractivity contribution in [3.8, 4) is 6.07 Å². The molecule has 1 unspecified atom stereocenters. The standard InChI is InChI=1S/C13H17NOSi/c1-16(2,3)15-13(10-14)9-8-11-6-4-5-7-12(11)13/h4-7H,8-9H2,1-3H3. The lowest BCUT2D eigenvalue weighted by Crippen LogP contribution is -2.38. The molecule has 84 valence electrons. The minimum Gasteiger partial charge on any atom is -0.396 e.